The second kappa shape index (κ2) is 8.19. The summed E-state index contributed by atoms with van der Waals surface area (Å²) in [7, 11) is 0. The first-order valence-electron chi connectivity index (χ1n) is 11.2. The van der Waals surface area contributed by atoms with Gasteiger partial charge in [0.05, 0.1) is 29.5 Å². The largest absolute Gasteiger partial charge is 0.367 e. The first kappa shape index (κ1) is 19.8. The second-order valence-corrected chi connectivity index (χ2v) is 9.15. The maximum absolute atomic E-state index is 12.7. The minimum absolute atomic E-state index is 0.0407. The Morgan fingerprint density at radius 3 is 2.93 bits per heavy atom. The molecule has 5 rings (SSSR count). The molecule has 1 aliphatic carbocycles. The van der Waals surface area contributed by atoms with Crippen LogP contribution in [0.3, 0.4) is 0 Å². The fourth-order valence-electron chi connectivity index (χ4n) is 5.49. The van der Waals surface area contributed by atoms with Crippen molar-refractivity contribution in [2.75, 3.05) is 11.9 Å². The van der Waals surface area contributed by atoms with Crippen molar-refractivity contribution < 1.29 is 4.79 Å². The molecule has 4 unspecified atom stereocenters. The Labute approximate surface area is 177 Å². The van der Waals surface area contributed by atoms with Crippen LogP contribution < -0.4 is 32.5 Å². The van der Waals surface area contributed by atoms with Crippen molar-refractivity contribution in [2.24, 2.45) is 17.6 Å². The molecule has 6 atom stereocenters. The normalized spacial score (nSPS) is 34.4. The summed E-state index contributed by atoms with van der Waals surface area (Å²) in [5, 5.41) is 12.3. The highest BCUT2D eigenvalue weighted by Crippen LogP contribution is 2.32. The summed E-state index contributed by atoms with van der Waals surface area (Å²) in [6.45, 7) is 2.88. The van der Waals surface area contributed by atoms with Crippen molar-refractivity contribution in [3.8, 4) is 0 Å². The average Bonchev–Trinajstić information content (AvgIpc) is 3.12. The molecule has 30 heavy (non-hydrogen) atoms. The molecule has 162 valence electrons. The summed E-state index contributed by atoms with van der Waals surface area (Å²) in [6.07, 6.45) is 7.52. The van der Waals surface area contributed by atoms with E-state index in [1.807, 2.05) is 6.20 Å². The SMILES string of the molecule is Cc1c[nH]c2c(NC3NC(N[C@@H]4CCCC[C@@H]4N)CC4CNNC(=O)C43)cccc12. The van der Waals surface area contributed by atoms with Gasteiger partial charge in [0.2, 0.25) is 5.91 Å². The van der Waals surface area contributed by atoms with Crippen LogP contribution in [0.25, 0.3) is 10.9 Å². The second-order valence-electron chi connectivity index (χ2n) is 9.15. The lowest BCUT2D eigenvalue weighted by atomic mass is 9.80. The zero-order chi connectivity index (χ0) is 20.7. The zero-order valence-electron chi connectivity index (χ0n) is 17.5. The Bertz CT molecular complexity index is 912. The smallest absolute Gasteiger partial charge is 0.240 e. The standard InChI is InChI=1S/C22H33N7O/c1-12-10-24-20-14(12)5-4-8-17(20)27-21-19-13(11-25-29-22(19)30)9-18(28-21)26-16-7-3-2-6-15(16)23/h4-5,8,10,13,15-16,18-19,21,24-28H,2-3,6-7,9,11,23H2,1H3,(H,29,30)/t13?,15-,16+,18?,19?,21?/m0/s1. The van der Waals surface area contributed by atoms with Crippen LogP contribution in [-0.4, -0.2) is 41.9 Å². The Hall–Kier alpha value is -2.13. The van der Waals surface area contributed by atoms with Crippen molar-refractivity contribution in [3.63, 3.8) is 0 Å². The van der Waals surface area contributed by atoms with Crippen molar-refractivity contribution in [1.82, 2.24) is 26.5 Å². The number of fused-ring (bicyclic) bond motifs is 2. The average molecular weight is 412 g/mol. The number of nitrogens with one attached hydrogen (secondary N) is 6. The van der Waals surface area contributed by atoms with Gasteiger partial charge in [-0.25, -0.2) is 5.43 Å². The predicted molar refractivity (Wildman–Crippen MR) is 118 cm³/mol. The molecule has 3 fully saturated rings. The van der Waals surface area contributed by atoms with E-state index in [2.05, 4.69) is 56.9 Å². The van der Waals surface area contributed by atoms with E-state index in [-0.39, 0.29) is 36.1 Å². The summed E-state index contributed by atoms with van der Waals surface area (Å²) in [5.41, 5.74) is 15.6. The maximum atomic E-state index is 12.7. The quantitative estimate of drug-likeness (QED) is 0.407. The highest BCUT2D eigenvalue weighted by molar-refractivity contribution is 5.93. The lowest BCUT2D eigenvalue weighted by Crippen LogP contribution is -2.69. The van der Waals surface area contributed by atoms with Crippen LogP contribution in [0.15, 0.2) is 24.4 Å². The molecule has 1 aromatic carbocycles. The number of H-pyrrole nitrogens is 1. The van der Waals surface area contributed by atoms with E-state index in [1.165, 1.54) is 23.8 Å². The van der Waals surface area contributed by atoms with E-state index in [0.29, 0.717) is 6.04 Å². The number of aromatic nitrogens is 1. The minimum atomic E-state index is -0.169. The van der Waals surface area contributed by atoms with E-state index < -0.39 is 0 Å². The first-order chi connectivity index (χ1) is 14.6. The Morgan fingerprint density at radius 1 is 1.20 bits per heavy atom. The van der Waals surface area contributed by atoms with Crippen LogP contribution in [0.1, 0.15) is 37.7 Å². The van der Waals surface area contributed by atoms with Crippen molar-refractivity contribution >= 4 is 22.5 Å². The van der Waals surface area contributed by atoms with E-state index in [9.17, 15) is 4.79 Å². The van der Waals surface area contributed by atoms with Gasteiger partial charge in [-0.2, -0.15) is 0 Å². The molecule has 3 aliphatic rings. The van der Waals surface area contributed by atoms with Crippen LogP contribution in [0.2, 0.25) is 0 Å². The van der Waals surface area contributed by atoms with Gasteiger partial charge in [0, 0.05) is 30.2 Å². The third-order valence-corrected chi connectivity index (χ3v) is 7.13. The molecule has 2 aliphatic heterocycles. The van der Waals surface area contributed by atoms with E-state index in [1.54, 1.807) is 0 Å². The van der Waals surface area contributed by atoms with Gasteiger partial charge in [0.25, 0.3) is 0 Å². The molecule has 1 saturated carbocycles. The van der Waals surface area contributed by atoms with Gasteiger partial charge in [0.15, 0.2) is 0 Å². The number of carbonyl (C=O) groups is 1. The van der Waals surface area contributed by atoms with Crippen LogP contribution >= 0.6 is 0 Å². The van der Waals surface area contributed by atoms with Crippen molar-refractivity contribution in [3.05, 3.63) is 30.0 Å². The predicted octanol–water partition coefficient (Wildman–Crippen LogP) is 1.26. The van der Waals surface area contributed by atoms with Crippen LogP contribution in [0, 0.1) is 18.8 Å². The summed E-state index contributed by atoms with van der Waals surface area (Å²) in [6, 6.07) is 6.78. The topological polar surface area (TPSA) is 119 Å². The molecule has 1 aromatic heterocycles. The van der Waals surface area contributed by atoms with Gasteiger partial charge in [0.1, 0.15) is 0 Å². The van der Waals surface area contributed by atoms with Gasteiger partial charge in [-0.05, 0) is 43.7 Å². The molecule has 2 saturated heterocycles. The summed E-state index contributed by atoms with van der Waals surface area (Å²) >= 11 is 0. The van der Waals surface area contributed by atoms with Gasteiger partial charge in [-0.15, -0.1) is 0 Å². The molecule has 0 radical (unpaired) electrons. The highest BCUT2D eigenvalue weighted by atomic mass is 16.2. The van der Waals surface area contributed by atoms with E-state index in [0.717, 1.165) is 37.0 Å². The number of aryl methyl sites for hydroxylation is 1. The summed E-state index contributed by atoms with van der Waals surface area (Å²) < 4.78 is 0. The number of amides is 1. The third-order valence-electron chi connectivity index (χ3n) is 7.13. The summed E-state index contributed by atoms with van der Waals surface area (Å²) in [5.74, 6) is 0.147. The fraction of sp³-hybridized carbons (Fsp3) is 0.591. The van der Waals surface area contributed by atoms with Crippen molar-refractivity contribution in [1.29, 1.82) is 0 Å². The van der Waals surface area contributed by atoms with Crippen LogP contribution in [-0.2, 0) is 4.79 Å². The molecular formula is C22H33N7O. The van der Waals surface area contributed by atoms with Gasteiger partial charge in [-0.1, -0.05) is 25.0 Å². The lowest BCUT2D eigenvalue weighted by Gasteiger charge is -2.46. The molecule has 0 bridgehead atoms. The molecule has 8 nitrogen and oxygen atoms in total. The number of rotatable bonds is 4. The first-order valence-corrected chi connectivity index (χ1v) is 11.2. The Morgan fingerprint density at radius 2 is 2.07 bits per heavy atom. The number of hydrogen-bond donors (Lipinski definition) is 7. The molecule has 8 N–H and O–H groups in total. The minimum Gasteiger partial charge on any atom is -0.367 e. The number of aromatic amines is 1. The Kier molecular flexibility index (Phi) is 5.41. The summed E-state index contributed by atoms with van der Waals surface area (Å²) in [4.78, 5) is 16.1. The molecule has 1 amide bonds. The number of hydrazine groups is 1. The fourth-order valence-corrected chi connectivity index (χ4v) is 5.49. The van der Waals surface area contributed by atoms with Crippen LogP contribution in [0.4, 0.5) is 5.69 Å². The maximum Gasteiger partial charge on any atom is 0.240 e. The molecule has 3 heterocycles. The number of nitrogens with two attached hydrogens (primary N) is 1. The van der Waals surface area contributed by atoms with Gasteiger partial charge < -0.3 is 16.0 Å². The number of piperidine rings is 1. The molecule has 2 aromatic rings. The van der Waals surface area contributed by atoms with Crippen molar-refractivity contribution in [2.45, 2.75) is 63.4 Å². The third kappa shape index (κ3) is 3.69. The van der Waals surface area contributed by atoms with Crippen LogP contribution in [0.5, 0.6) is 0 Å². The van der Waals surface area contributed by atoms with Gasteiger partial charge >= 0.3 is 0 Å². The van der Waals surface area contributed by atoms with Gasteiger partial charge in [-0.3, -0.25) is 20.9 Å². The zero-order valence-corrected chi connectivity index (χ0v) is 17.5. The number of para-hydroxylation sites is 1. The lowest BCUT2D eigenvalue weighted by molar-refractivity contribution is -0.133. The number of hydrogen-bond acceptors (Lipinski definition) is 6. The van der Waals surface area contributed by atoms with E-state index in [4.69, 9.17) is 5.73 Å². The van der Waals surface area contributed by atoms with E-state index >= 15 is 0 Å². The number of anilines is 1. The highest BCUT2D eigenvalue weighted by Gasteiger charge is 2.44. The molecule has 8 heteroatoms. The molecule has 0 spiro atoms. The monoisotopic (exact) mass is 411 g/mol. The number of benzene rings is 1. The number of carbonyl (C=O) groups excluding carboxylic acids is 1. The molecular weight excluding hydrogens is 378 g/mol. The Balaban J connectivity index is 1.39.